The highest BCUT2D eigenvalue weighted by molar-refractivity contribution is 7.89. The van der Waals surface area contributed by atoms with Gasteiger partial charge in [-0.2, -0.15) is 0 Å². The molecular formula is C15H24N2O3S. The molecule has 1 heterocycles. The minimum Gasteiger partial charge on any atom is -0.494 e. The first-order valence-corrected chi connectivity index (χ1v) is 9.06. The first kappa shape index (κ1) is 16.3. The molecule has 1 atom stereocenters. The minimum absolute atomic E-state index is 0.283. The number of nitrogens with one attached hydrogen (secondary N) is 2. The van der Waals surface area contributed by atoms with Gasteiger partial charge in [0, 0.05) is 12.6 Å². The molecule has 1 aliphatic rings. The summed E-state index contributed by atoms with van der Waals surface area (Å²) in [6.45, 7) is 4.17. The first-order valence-electron chi connectivity index (χ1n) is 7.58. The summed E-state index contributed by atoms with van der Waals surface area (Å²) in [6.07, 6.45) is 4.07. The largest absolute Gasteiger partial charge is 0.494 e. The molecule has 1 aliphatic heterocycles. The molecular weight excluding hydrogens is 288 g/mol. The van der Waals surface area contributed by atoms with Crippen LogP contribution in [0.4, 0.5) is 0 Å². The highest BCUT2D eigenvalue weighted by atomic mass is 32.2. The molecule has 0 spiro atoms. The van der Waals surface area contributed by atoms with Crippen molar-refractivity contribution in [1.29, 1.82) is 0 Å². The van der Waals surface area contributed by atoms with Crippen molar-refractivity contribution in [2.24, 2.45) is 0 Å². The van der Waals surface area contributed by atoms with Crippen LogP contribution in [0.3, 0.4) is 0 Å². The van der Waals surface area contributed by atoms with Crippen molar-refractivity contribution in [3.8, 4) is 5.75 Å². The van der Waals surface area contributed by atoms with Crippen LogP contribution in [0.15, 0.2) is 29.2 Å². The molecule has 0 amide bonds. The van der Waals surface area contributed by atoms with Gasteiger partial charge in [-0.15, -0.1) is 0 Å². The molecule has 0 unspecified atom stereocenters. The Morgan fingerprint density at radius 1 is 1.33 bits per heavy atom. The van der Waals surface area contributed by atoms with E-state index in [2.05, 4.69) is 10.0 Å². The number of rotatable bonds is 8. The van der Waals surface area contributed by atoms with Gasteiger partial charge in [-0.05, 0) is 56.5 Å². The quantitative estimate of drug-likeness (QED) is 0.769. The van der Waals surface area contributed by atoms with Crippen molar-refractivity contribution in [2.45, 2.75) is 43.5 Å². The van der Waals surface area contributed by atoms with Crippen LogP contribution in [0.25, 0.3) is 0 Å². The van der Waals surface area contributed by atoms with E-state index in [1.54, 1.807) is 24.3 Å². The zero-order valence-electron chi connectivity index (χ0n) is 12.5. The maximum absolute atomic E-state index is 12.2. The van der Waals surface area contributed by atoms with Crippen molar-refractivity contribution in [1.82, 2.24) is 10.0 Å². The van der Waals surface area contributed by atoms with Crippen molar-refractivity contribution < 1.29 is 13.2 Å². The summed E-state index contributed by atoms with van der Waals surface area (Å²) < 4.78 is 32.4. The number of hydrogen-bond donors (Lipinski definition) is 2. The van der Waals surface area contributed by atoms with Gasteiger partial charge in [0.1, 0.15) is 5.75 Å². The number of sulfonamides is 1. The summed E-state index contributed by atoms with van der Waals surface area (Å²) in [6, 6.07) is 7.01. The fourth-order valence-corrected chi connectivity index (χ4v) is 3.44. The van der Waals surface area contributed by atoms with E-state index in [1.807, 2.05) is 6.92 Å². The molecule has 2 rings (SSSR count). The van der Waals surface area contributed by atoms with Crippen LogP contribution in [-0.2, 0) is 10.0 Å². The average molecular weight is 312 g/mol. The molecule has 0 aromatic heterocycles. The van der Waals surface area contributed by atoms with E-state index in [4.69, 9.17) is 4.74 Å². The summed E-state index contributed by atoms with van der Waals surface area (Å²) in [7, 11) is -3.42. The van der Waals surface area contributed by atoms with E-state index < -0.39 is 10.0 Å². The molecule has 0 bridgehead atoms. The second-order valence-electron chi connectivity index (χ2n) is 5.30. The SMILES string of the molecule is CCCOc1ccc(S(=O)(=O)NCC[C@@H]2CCCN2)cc1. The predicted molar refractivity (Wildman–Crippen MR) is 83.1 cm³/mol. The highest BCUT2D eigenvalue weighted by Gasteiger charge is 2.17. The molecule has 0 radical (unpaired) electrons. The van der Waals surface area contributed by atoms with Gasteiger partial charge in [0.25, 0.3) is 0 Å². The number of ether oxygens (including phenoxy) is 1. The number of hydrogen-bond acceptors (Lipinski definition) is 4. The normalized spacial score (nSPS) is 18.8. The third-order valence-electron chi connectivity index (χ3n) is 3.55. The lowest BCUT2D eigenvalue weighted by atomic mass is 10.2. The van der Waals surface area contributed by atoms with Gasteiger partial charge in [0.05, 0.1) is 11.5 Å². The lowest BCUT2D eigenvalue weighted by Gasteiger charge is -2.11. The van der Waals surface area contributed by atoms with Gasteiger partial charge in [-0.3, -0.25) is 0 Å². The predicted octanol–water partition coefficient (Wildman–Crippen LogP) is 1.90. The molecule has 118 valence electrons. The third-order valence-corrected chi connectivity index (χ3v) is 5.03. The smallest absolute Gasteiger partial charge is 0.240 e. The average Bonchev–Trinajstić information content (AvgIpc) is 2.98. The Morgan fingerprint density at radius 3 is 2.71 bits per heavy atom. The fraction of sp³-hybridized carbons (Fsp3) is 0.600. The summed E-state index contributed by atoms with van der Waals surface area (Å²) in [5.41, 5.74) is 0. The van der Waals surface area contributed by atoms with Gasteiger partial charge >= 0.3 is 0 Å². The number of benzene rings is 1. The second kappa shape index (κ2) is 7.77. The molecule has 5 nitrogen and oxygen atoms in total. The monoisotopic (exact) mass is 312 g/mol. The van der Waals surface area contributed by atoms with Crippen LogP contribution >= 0.6 is 0 Å². The summed E-state index contributed by atoms with van der Waals surface area (Å²) in [5.74, 6) is 0.700. The zero-order valence-corrected chi connectivity index (χ0v) is 13.3. The summed E-state index contributed by atoms with van der Waals surface area (Å²) in [4.78, 5) is 0.283. The van der Waals surface area contributed by atoms with Crippen molar-refractivity contribution in [3.05, 3.63) is 24.3 Å². The standard InChI is InChI=1S/C15H24N2O3S/c1-2-12-20-14-5-7-15(8-6-14)21(18,19)17-11-9-13-4-3-10-16-13/h5-8,13,16-17H,2-4,9-12H2,1H3/t13-/m0/s1. The Balaban J connectivity index is 1.85. The molecule has 1 aromatic carbocycles. The second-order valence-corrected chi connectivity index (χ2v) is 7.07. The Bertz CT molecular complexity index is 522. The molecule has 0 aliphatic carbocycles. The maximum Gasteiger partial charge on any atom is 0.240 e. The third kappa shape index (κ3) is 4.98. The van der Waals surface area contributed by atoms with E-state index in [-0.39, 0.29) is 4.90 Å². The van der Waals surface area contributed by atoms with Gasteiger partial charge in [0.2, 0.25) is 10.0 Å². The molecule has 21 heavy (non-hydrogen) atoms. The lowest BCUT2D eigenvalue weighted by Crippen LogP contribution is -2.30. The molecule has 2 N–H and O–H groups in total. The van der Waals surface area contributed by atoms with Crippen molar-refractivity contribution in [3.63, 3.8) is 0 Å². The van der Waals surface area contributed by atoms with Crippen LogP contribution in [0.1, 0.15) is 32.6 Å². The maximum atomic E-state index is 12.2. The van der Waals surface area contributed by atoms with E-state index in [0.717, 1.165) is 25.8 Å². The molecule has 1 aromatic rings. The summed E-state index contributed by atoms with van der Waals surface area (Å²) >= 11 is 0. The van der Waals surface area contributed by atoms with Gasteiger partial charge in [-0.1, -0.05) is 6.92 Å². The van der Waals surface area contributed by atoms with E-state index >= 15 is 0 Å². The Morgan fingerprint density at radius 2 is 2.10 bits per heavy atom. The van der Waals surface area contributed by atoms with E-state index in [9.17, 15) is 8.42 Å². The van der Waals surface area contributed by atoms with Crippen LogP contribution in [0.2, 0.25) is 0 Å². The van der Waals surface area contributed by atoms with Gasteiger partial charge in [0.15, 0.2) is 0 Å². The highest BCUT2D eigenvalue weighted by Crippen LogP contribution is 2.16. The van der Waals surface area contributed by atoms with E-state index in [1.165, 1.54) is 6.42 Å². The Labute approximate surface area is 127 Å². The lowest BCUT2D eigenvalue weighted by molar-refractivity contribution is 0.317. The topological polar surface area (TPSA) is 67.4 Å². The van der Waals surface area contributed by atoms with Crippen LogP contribution in [0, 0.1) is 0 Å². The van der Waals surface area contributed by atoms with Crippen LogP contribution < -0.4 is 14.8 Å². The molecule has 1 saturated heterocycles. The zero-order chi connectivity index (χ0) is 15.1. The van der Waals surface area contributed by atoms with Gasteiger partial charge < -0.3 is 10.1 Å². The molecule has 6 heteroatoms. The van der Waals surface area contributed by atoms with Crippen LogP contribution in [-0.4, -0.2) is 34.2 Å². The Hall–Kier alpha value is -1.11. The molecule has 0 saturated carbocycles. The minimum atomic E-state index is -3.42. The fourth-order valence-electron chi connectivity index (χ4n) is 2.39. The van der Waals surface area contributed by atoms with Crippen molar-refractivity contribution >= 4 is 10.0 Å². The Kier molecular flexibility index (Phi) is 6.02. The van der Waals surface area contributed by atoms with Crippen LogP contribution in [0.5, 0.6) is 5.75 Å². The van der Waals surface area contributed by atoms with Crippen molar-refractivity contribution in [2.75, 3.05) is 19.7 Å². The summed E-state index contributed by atoms with van der Waals surface area (Å²) in [5, 5.41) is 3.36. The first-order chi connectivity index (χ1) is 10.1. The van der Waals surface area contributed by atoms with E-state index in [0.29, 0.717) is 24.9 Å². The van der Waals surface area contributed by atoms with Gasteiger partial charge in [-0.25, -0.2) is 13.1 Å². The molecule has 1 fully saturated rings.